The number of amides is 2. The molecule has 170 valence electrons. The van der Waals surface area contributed by atoms with E-state index in [0.29, 0.717) is 31.6 Å². The molecule has 1 heterocycles. The van der Waals surface area contributed by atoms with E-state index < -0.39 is 24.8 Å². The number of carbonyl (C=O) groups is 1. The van der Waals surface area contributed by atoms with Crippen LogP contribution in [0.1, 0.15) is 47.5 Å². The van der Waals surface area contributed by atoms with Crippen molar-refractivity contribution >= 4 is 31.8 Å². The topological polar surface area (TPSA) is 125 Å². The molecular formula is C19H32N4O5S2. The Labute approximate surface area is 179 Å². The van der Waals surface area contributed by atoms with Crippen molar-refractivity contribution in [2.24, 2.45) is 0 Å². The Bertz CT molecular complexity index is 944. The summed E-state index contributed by atoms with van der Waals surface area (Å²) in [6, 6.07) is 5.24. The summed E-state index contributed by atoms with van der Waals surface area (Å²) in [6.07, 6.45) is 1.06. The lowest BCUT2D eigenvalue weighted by Crippen LogP contribution is -2.50. The van der Waals surface area contributed by atoms with Crippen LogP contribution in [-0.4, -0.2) is 57.7 Å². The van der Waals surface area contributed by atoms with E-state index in [2.05, 4.69) is 14.8 Å². The Balaban J connectivity index is 1.91. The molecule has 2 amide bonds. The zero-order valence-corrected chi connectivity index (χ0v) is 19.7. The molecule has 0 atom stereocenters. The molecule has 9 nitrogen and oxygen atoms in total. The molecule has 2 rings (SSSR count). The Morgan fingerprint density at radius 1 is 1.03 bits per heavy atom. The van der Waals surface area contributed by atoms with Crippen molar-refractivity contribution in [3.8, 4) is 0 Å². The molecule has 30 heavy (non-hydrogen) atoms. The SMILES string of the molecule is CC(C)NS(=O)(=O)c1ccc(NC(=O)N2CCC(NS(=O)(=O)C(C)(C)C)CC2)cc1. The molecule has 0 aliphatic carbocycles. The number of nitrogens with zero attached hydrogens (tertiary/aromatic N) is 1. The number of nitrogens with one attached hydrogen (secondary N) is 3. The highest BCUT2D eigenvalue weighted by Gasteiger charge is 2.33. The summed E-state index contributed by atoms with van der Waals surface area (Å²) >= 11 is 0. The number of benzene rings is 1. The largest absolute Gasteiger partial charge is 0.324 e. The molecule has 0 radical (unpaired) electrons. The van der Waals surface area contributed by atoms with Crippen molar-refractivity contribution < 1.29 is 21.6 Å². The number of rotatable bonds is 6. The van der Waals surface area contributed by atoms with Crippen molar-refractivity contribution in [3.63, 3.8) is 0 Å². The summed E-state index contributed by atoms with van der Waals surface area (Å²) in [5, 5.41) is 2.75. The van der Waals surface area contributed by atoms with Crippen LogP contribution >= 0.6 is 0 Å². The third-order valence-corrected chi connectivity index (χ3v) is 8.65. The number of carbonyl (C=O) groups excluding carboxylic acids is 1. The predicted octanol–water partition coefficient (Wildman–Crippen LogP) is 2.09. The van der Waals surface area contributed by atoms with Gasteiger partial charge < -0.3 is 10.2 Å². The lowest BCUT2D eigenvalue weighted by molar-refractivity contribution is 0.193. The third kappa shape index (κ3) is 6.40. The zero-order chi connectivity index (χ0) is 22.7. The summed E-state index contributed by atoms with van der Waals surface area (Å²) in [4.78, 5) is 14.2. The van der Waals surface area contributed by atoms with Gasteiger partial charge in [0.05, 0.1) is 9.64 Å². The van der Waals surface area contributed by atoms with Crippen molar-refractivity contribution in [1.82, 2.24) is 14.3 Å². The van der Waals surface area contributed by atoms with Crippen LogP contribution < -0.4 is 14.8 Å². The average Bonchev–Trinajstić information content (AvgIpc) is 2.60. The Morgan fingerprint density at radius 2 is 1.57 bits per heavy atom. The molecular weight excluding hydrogens is 428 g/mol. The van der Waals surface area contributed by atoms with Gasteiger partial charge in [0.15, 0.2) is 0 Å². The Morgan fingerprint density at radius 3 is 2.03 bits per heavy atom. The van der Waals surface area contributed by atoms with E-state index in [1.54, 1.807) is 39.5 Å². The Kier molecular flexibility index (Phi) is 7.54. The highest BCUT2D eigenvalue weighted by molar-refractivity contribution is 7.90. The summed E-state index contributed by atoms with van der Waals surface area (Å²) in [6.45, 7) is 9.27. The molecule has 11 heteroatoms. The van der Waals surface area contributed by atoms with Gasteiger partial charge in [-0.1, -0.05) is 0 Å². The van der Waals surface area contributed by atoms with Gasteiger partial charge >= 0.3 is 6.03 Å². The van der Waals surface area contributed by atoms with Gasteiger partial charge in [0.25, 0.3) is 0 Å². The first-order chi connectivity index (χ1) is 13.7. The van der Waals surface area contributed by atoms with Crippen LogP contribution in [0.3, 0.4) is 0 Å². The molecule has 1 aliphatic heterocycles. The van der Waals surface area contributed by atoms with E-state index in [9.17, 15) is 21.6 Å². The first-order valence-corrected chi connectivity index (χ1v) is 12.9. The monoisotopic (exact) mass is 460 g/mol. The van der Waals surface area contributed by atoms with Crippen LogP contribution in [0.5, 0.6) is 0 Å². The minimum absolute atomic E-state index is 0.126. The number of sulfonamides is 2. The predicted molar refractivity (Wildman–Crippen MR) is 117 cm³/mol. The van der Waals surface area contributed by atoms with Crippen LogP contribution in [0.4, 0.5) is 10.5 Å². The maximum Gasteiger partial charge on any atom is 0.321 e. The normalized spacial score (nSPS) is 16.7. The van der Waals surface area contributed by atoms with E-state index in [4.69, 9.17) is 0 Å². The molecule has 0 spiro atoms. The van der Waals surface area contributed by atoms with Crippen LogP contribution in [0.15, 0.2) is 29.2 Å². The van der Waals surface area contributed by atoms with Gasteiger partial charge in [0, 0.05) is 30.9 Å². The first kappa shape index (κ1) is 24.6. The number of hydrogen-bond donors (Lipinski definition) is 3. The van der Waals surface area contributed by atoms with Crippen LogP contribution in [0, 0.1) is 0 Å². The van der Waals surface area contributed by atoms with Gasteiger partial charge in [-0.2, -0.15) is 0 Å². The molecule has 1 aromatic carbocycles. The summed E-state index contributed by atoms with van der Waals surface area (Å²) in [5.74, 6) is 0. The molecule has 1 aromatic rings. The molecule has 1 saturated heterocycles. The van der Waals surface area contributed by atoms with Crippen LogP contribution in [0.25, 0.3) is 0 Å². The fraction of sp³-hybridized carbons (Fsp3) is 0.632. The average molecular weight is 461 g/mol. The lowest BCUT2D eigenvalue weighted by Gasteiger charge is -2.33. The van der Waals surface area contributed by atoms with Crippen molar-refractivity contribution in [1.29, 1.82) is 0 Å². The maximum absolute atomic E-state index is 12.5. The summed E-state index contributed by atoms with van der Waals surface area (Å²) in [7, 11) is -7.02. The van der Waals surface area contributed by atoms with Gasteiger partial charge in [-0.25, -0.2) is 31.1 Å². The van der Waals surface area contributed by atoms with E-state index in [-0.39, 0.29) is 23.0 Å². The third-order valence-electron chi connectivity index (χ3n) is 4.72. The Hall–Kier alpha value is -1.69. The molecule has 1 fully saturated rings. The molecule has 3 N–H and O–H groups in total. The second-order valence-electron chi connectivity index (χ2n) is 8.73. The van der Waals surface area contributed by atoms with Gasteiger partial charge in [0.2, 0.25) is 20.0 Å². The molecule has 1 aliphatic rings. The molecule has 0 unspecified atom stereocenters. The summed E-state index contributed by atoms with van der Waals surface area (Å²) in [5.41, 5.74) is 0.485. The molecule has 0 saturated carbocycles. The van der Waals surface area contributed by atoms with Gasteiger partial charge in [-0.15, -0.1) is 0 Å². The highest BCUT2D eigenvalue weighted by atomic mass is 32.2. The number of urea groups is 1. The first-order valence-electron chi connectivity index (χ1n) is 9.91. The fourth-order valence-corrected chi connectivity index (χ4v) is 5.17. The van der Waals surface area contributed by atoms with E-state index in [1.165, 1.54) is 24.3 Å². The minimum atomic E-state index is -3.59. The second-order valence-corrected chi connectivity index (χ2v) is 12.9. The van der Waals surface area contributed by atoms with Gasteiger partial charge in [-0.05, 0) is 71.7 Å². The standard InChI is InChI=1S/C19H32N4O5S2/c1-14(2)21-29(25,26)17-8-6-15(7-9-17)20-18(24)23-12-10-16(11-13-23)22-30(27,28)19(3,4)5/h6-9,14,16,21-22H,10-13H2,1-5H3,(H,20,24). The zero-order valence-electron chi connectivity index (χ0n) is 18.1. The number of anilines is 1. The van der Waals surface area contributed by atoms with Crippen LogP contribution in [0.2, 0.25) is 0 Å². The van der Waals surface area contributed by atoms with Crippen molar-refractivity contribution in [3.05, 3.63) is 24.3 Å². The number of piperidine rings is 1. The quantitative estimate of drug-likeness (QED) is 0.599. The van der Waals surface area contributed by atoms with Gasteiger partial charge in [-0.3, -0.25) is 0 Å². The van der Waals surface area contributed by atoms with E-state index in [0.717, 1.165) is 0 Å². The number of hydrogen-bond acceptors (Lipinski definition) is 5. The van der Waals surface area contributed by atoms with Crippen molar-refractivity contribution in [2.45, 2.75) is 69.2 Å². The van der Waals surface area contributed by atoms with E-state index in [1.807, 2.05) is 0 Å². The molecule has 0 aromatic heterocycles. The van der Waals surface area contributed by atoms with Crippen molar-refractivity contribution in [2.75, 3.05) is 18.4 Å². The smallest absolute Gasteiger partial charge is 0.321 e. The maximum atomic E-state index is 12.5. The summed E-state index contributed by atoms with van der Waals surface area (Å²) < 4.78 is 53.2. The highest BCUT2D eigenvalue weighted by Crippen LogP contribution is 2.19. The fourth-order valence-electron chi connectivity index (χ4n) is 2.89. The minimum Gasteiger partial charge on any atom is -0.324 e. The van der Waals surface area contributed by atoms with Crippen LogP contribution in [-0.2, 0) is 20.0 Å². The molecule has 0 bridgehead atoms. The second kappa shape index (κ2) is 9.21. The van der Waals surface area contributed by atoms with E-state index >= 15 is 0 Å². The number of likely N-dealkylation sites (tertiary alicyclic amines) is 1. The van der Waals surface area contributed by atoms with Gasteiger partial charge in [0.1, 0.15) is 0 Å². The lowest BCUT2D eigenvalue weighted by atomic mass is 10.1.